The molecule has 0 aliphatic carbocycles. The summed E-state index contributed by atoms with van der Waals surface area (Å²) in [5.74, 6) is 2.43. The van der Waals surface area contributed by atoms with Gasteiger partial charge in [-0.2, -0.15) is 0 Å². The van der Waals surface area contributed by atoms with Crippen LogP contribution >= 0.6 is 0 Å². The van der Waals surface area contributed by atoms with E-state index in [-0.39, 0.29) is 0 Å². The zero-order valence-corrected chi connectivity index (χ0v) is 16.5. The number of hydrogen-bond acceptors (Lipinski definition) is 3. The average molecular weight is 392 g/mol. The Morgan fingerprint density at radius 1 is 0.600 bits per heavy atom. The molecule has 0 aliphatic heterocycles. The molecular weight excluding hydrogens is 372 g/mol. The summed E-state index contributed by atoms with van der Waals surface area (Å²) in [6.45, 7) is 0. The van der Waals surface area contributed by atoms with Crippen molar-refractivity contribution in [2.75, 3.05) is 7.11 Å². The number of ether oxygens (including phenoxy) is 1. The van der Waals surface area contributed by atoms with Gasteiger partial charge in [-0.15, -0.1) is 0 Å². The van der Waals surface area contributed by atoms with E-state index in [1.165, 1.54) is 0 Å². The van der Waals surface area contributed by atoms with E-state index in [2.05, 4.69) is 16.0 Å². The molecule has 2 heterocycles. The highest BCUT2D eigenvalue weighted by Gasteiger charge is 2.12. The van der Waals surface area contributed by atoms with Gasteiger partial charge in [0.15, 0.2) is 0 Å². The van der Waals surface area contributed by atoms with Crippen LogP contribution in [0.15, 0.2) is 91.3 Å². The third-order valence-corrected chi connectivity index (χ3v) is 4.98. The lowest BCUT2D eigenvalue weighted by atomic mass is 10.1. The predicted molar refractivity (Wildman–Crippen MR) is 119 cm³/mol. The highest BCUT2D eigenvalue weighted by atomic mass is 16.5. The summed E-state index contributed by atoms with van der Waals surface area (Å²) in [4.78, 5) is 16.1. The predicted octanol–water partition coefficient (Wildman–Crippen LogP) is 5.81. The lowest BCUT2D eigenvalue weighted by molar-refractivity contribution is 0.415. The minimum Gasteiger partial charge on any atom is -0.497 e. The minimum atomic E-state index is 0.760. The van der Waals surface area contributed by atoms with Crippen molar-refractivity contribution in [3.63, 3.8) is 0 Å². The standard InChI is InChI=1S/C25H20N4O/c1-30-21-13-19(22-15-26-24(28-22)17-8-4-2-5-9-17)12-20(14-21)23-16-27-25(29-23)18-10-6-3-7-11-18/h2-16H,1H3,(H,26,28)(H,27,29). The molecule has 0 bridgehead atoms. The summed E-state index contributed by atoms with van der Waals surface area (Å²) in [6, 6.07) is 26.2. The molecule has 0 fully saturated rings. The molecule has 0 spiro atoms. The van der Waals surface area contributed by atoms with Gasteiger partial charge in [0.1, 0.15) is 17.4 Å². The van der Waals surface area contributed by atoms with Gasteiger partial charge >= 0.3 is 0 Å². The first kappa shape index (κ1) is 17.9. The van der Waals surface area contributed by atoms with E-state index in [1.807, 2.05) is 85.2 Å². The van der Waals surface area contributed by atoms with Crippen LogP contribution in [-0.2, 0) is 0 Å². The number of aromatic nitrogens is 4. The van der Waals surface area contributed by atoms with Crippen molar-refractivity contribution in [2.24, 2.45) is 0 Å². The lowest BCUT2D eigenvalue weighted by Crippen LogP contribution is -1.88. The van der Waals surface area contributed by atoms with E-state index in [1.54, 1.807) is 7.11 Å². The van der Waals surface area contributed by atoms with E-state index in [9.17, 15) is 0 Å². The molecule has 0 atom stereocenters. The van der Waals surface area contributed by atoms with Gasteiger partial charge in [0.05, 0.1) is 18.5 Å². The quantitative estimate of drug-likeness (QED) is 0.397. The maximum atomic E-state index is 5.55. The Labute approximate surface area is 174 Å². The van der Waals surface area contributed by atoms with Gasteiger partial charge in [-0.3, -0.25) is 0 Å². The van der Waals surface area contributed by atoms with Crippen LogP contribution in [0, 0.1) is 0 Å². The highest BCUT2D eigenvalue weighted by molar-refractivity contribution is 5.74. The molecular formula is C25H20N4O. The summed E-state index contributed by atoms with van der Waals surface area (Å²) in [5, 5.41) is 0. The molecule has 0 aliphatic rings. The maximum absolute atomic E-state index is 5.55. The van der Waals surface area contributed by atoms with Crippen molar-refractivity contribution < 1.29 is 4.74 Å². The van der Waals surface area contributed by atoms with E-state index in [0.717, 1.165) is 51.0 Å². The summed E-state index contributed by atoms with van der Waals surface area (Å²) >= 11 is 0. The summed E-state index contributed by atoms with van der Waals surface area (Å²) in [7, 11) is 1.67. The van der Waals surface area contributed by atoms with Crippen molar-refractivity contribution in [3.05, 3.63) is 91.3 Å². The second kappa shape index (κ2) is 7.72. The third-order valence-electron chi connectivity index (χ3n) is 4.98. The number of H-pyrrole nitrogens is 2. The topological polar surface area (TPSA) is 66.6 Å². The number of nitrogens with zero attached hydrogens (tertiary/aromatic N) is 2. The molecule has 0 radical (unpaired) electrons. The van der Waals surface area contributed by atoms with Crippen molar-refractivity contribution in [1.82, 2.24) is 19.9 Å². The normalized spacial score (nSPS) is 10.8. The van der Waals surface area contributed by atoms with Crippen LogP contribution < -0.4 is 4.74 Å². The monoisotopic (exact) mass is 392 g/mol. The third kappa shape index (κ3) is 3.49. The molecule has 3 aromatic carbocycles. The molecule has 5 heteroatoms. The molecule has 0 saturated heterocycles. The first-order valence-electron chi connectivity index (χ1n) is 9.71. The summed E-state index contributed by atoms with van der Waals surface area (Å²) in [6.07, 6.45) is 3.83. The number of imidazole rings is 2. The van der Waals surface area contributed by atoms with E-state index in [0.29, 0.717) is 0 Å². The van der Waals surface area contributed by atoms with E-state index >= 15 is 0 Å². The fourth-order valence-corrected chi connectivity index (χ4v) is 3.44. The highest BCUT2D eigenvalue weighted by Crippen LogP contribution is 2.32. The zero-order valence-electron chi connectivity index (χ0n) is 16.5. The van der Waals surface area contributed by atoms with Gasteiger partial charge in [0.25, 0.3) is 0 Å². The lowest BCUT2D eigenvalue weighted by Gasteiger charge is -2.06. The van der Waals surface area contributed by atoms with Crippen LogP contribution in [0.5, 0.6) is 5.75 Å². The van der Waals surface area contributed by atoms with Crippen molar-refractivity contribution >= 4 is 0 Å². The van der Waals surface area contributed by atoms with Gasteiger partial charge < -0.3 is 14.7 Å². The largest absolute Gasteiger partial charge is 0.497 e. The fraction of sp³-hybridized carbons (Fsp3) is 0.0400. The number of hydrogen-bond donors (Lipinski definition) is 2. The molecule has 2 N–H and O–H groups in total. The van der Waals surface area contributed by atoms with Crippen LogP contribution in [0.3, 0.4) is 0 Å². The molecule has 2 aromatic heterocycles. The van der Waals surface area contributed by atoms with Crippen LogP contribution in [-0.4, -0.2) is 27.0 Å². The summed E-state index contributed by atoms with van der Waals surface area (Å²) < 4.78 is 5.55. The Balaban J connectivity index is 1.52. The van der Waals surface area contributed by atoms with E-state index < -0.39 is 0 Å². The Hall–Kier alpha value is -4.12. The summed E-state index contributed by atoms with van der Waals surface area (Å²) in [5.41, 5.74) is 5.73. The second-order valence-electron chi connectivity index (χ2n) is 6.95. The SMILES string of the molecule is COc1cc(-c2c[nH]c(-c3ccccc3)n2)cc(-c2c[nH]c(-c3ccccc3)n2)c1. The fourth-order valence-electron chi connectivity index (χ4n) is 3.44. The molecule has 0 unspecified atom stereocenters. The molecule has 0 amide bonds. The Kier molecular flexibility index (Phi) is 4.62. The maximum Gasteiger partial charge on any atom is 0.138 e. The van der Waals surface area contributed by atoms with Crippen LogP contribution in [0.25, 0.3) is 45.3 Å². The Morgan fingerprint density at radius 3 is 1.50 bits per heavy atom. The van der Waals surface area contributed by atoms with Crippen molar-refractivity contribution in [1.29, 1.82) is 0 Å². The van der Waals surface area contributed by atoms with Gasteiger partial charge in [-0.25, -0.2) is 9.97 Å². The van der Waals surface area contributed by atoms with Gasteiger partial charge in [-0.1, -0.05) is 60.7 Å². The zero-order chi connectivity index (χ0) is 20.3. The molecule has 5 aromatic rings. The average Bonchev–Trinajstić information content (AvgIpc) is 3.50. The van der Waals surface area contributed by atoms with Crippen LogP contribution in [0.4, 0.5) is 0 Å². The van der Waals surface area contributed by atoms with E-state index in [4.69, 9.17) is 14.7 Å². The minimum absolute atomic E-state index is 0.760. The van der Waals surface area contributed by atoms with Crippen molar-refractivity contribution in [3.8, 4) is 51.0 Å². The van der Waals surface area contributed by atoms with Gasteiger partial charge in [-0.05, 0) is 18.2 Å². The molecule has 5 nitrogen and oxygen atoms in total. The van der Waals surface area contributed by atoms with Crippen molar-refractivity contribution in [2.45, 2.75) is 0 Å². The number of rotatable bonds is 5. The smallest absolute Gasteiger partial charge is 0.138 e. The first-order valence-corrected chi connectivity index (χ1v) is 9.71. The molecule has 5 rings (SSSR count). The van der Waals surface area contributed by atoms with Crippen LogP contribution in [0.2, 0.25) is 0 Å². The molecule has 0 saturated carbocycles. The number of benzene rings is 3. The molecule has 30 heavy (non-hydrogen) atoms. The Bertz CT molecular complexity index is 1180. The first-order chi connectivity index (χ1) is 14.8. The number of nitrogens with one attached hydrogen (secondary N) is 2. The van der Waals surface area contributed by atoms with Gasteiger partial charge in [0, 0.05) is 34.6 Å². The number of methoxy groups -OCH3 is 1. The van der Waals surface area contributed by atoms with Crippen LogP contribution in [0.1, 0.15) is 0 Å². The van der Waals surface area contributed by atoms with Gasteiger partial charge in [0.2, 0.25) is 0 Å². The number of aromatic amines is 2. The molecule has 146 valence electrons. The second-order valence-corrected chi connectivity index (χ2v) is 6.95. The Morgan fingerprint density at radius 2 is 1.07 bits per heavy atom.